The number of aryl methyl sites for hydroxylation is 1. The zero-order chi connectivity index (χ0) is 18.9. The summed E-state index contributed by atoms with van der Waals surface area (Å²) in [5.74, 6) is -0.974. The first-order valence-electron chi connectivity index (χ1n) is 7.74. The van der Waals surface area contributed by atoms with Crippen LogP contribution in [0.4, 0.5) is 5.69 Å². The number of hydrazone groups is 1. The summed E-state index contributed by atoms with van der Waals surface area (Å²) >= 11 is 3.39. The summed E-state index contributed by atoms with van der Waals surface area (Å²) in [6.07, 6.45) is 3.08. The predicted molar refractivity (Wildman–Crippen MR) is 105 cm³/mol. The molecule has 6 nitrogen and oxygen atoms in total. The molecule has 0 saturated carbocycles. The first-order chi connectivity index (χ1) is 12.5. The third kappa shape index (κ3) is 5.86. The van der Waals surface area contributed by atoms with Crippen molar-refractivity contribution in [2.45, 2.75) is 6.92 Å². The molecule has 0 heterocycles. The molecular weight excluding hydrogens is 398 g/mol. The van der Waals surface area contributed by atoms with Crippen molar-refractivity contribution in [2.75, 3.05) is 11.9 Å². The van der Waals surface area contributed by atoms with Gasteiger partial charge in [-0.2, -0.15) is 5.10 Å². The maximum absolute atomic E-state index is 11.8. The van der Waals surface area contributed by atoms with E-state index in [2.05, 4.69) is 38.4 Å². The van der Waals surface area contributed by atoms with Gasteiger partial charge in [-0.1, -0.05) is 24.8 Å². The fourth-order valence-electron chi connectivity index (χ4n) is 1.99. The Kier molecular flexibility index (Phi) is 7.11. The summed E-state index contributed by atoms with van der Waals surface area (Å²) in [5.41, 5.74) is 4.45. The molecule has 26 heavy (non-hydrogen) atoms. The molecule has 0 aliphatic rings. The van der Waals surface area contributed by atoms with Crippen molar-refractivity contribution in [2.24, 2.45) is 5.10 Å². The van der Waals surface area contributed by atoms with Gasteiger partial charge < -0.3 is 10.1 Å². The maximum Gasteiger partial charge on any atom is 0.329 e. The number of amides is 2. The Morgan fingerprint density at radius 2 is 2.04 bits per heavy atom. The average Bonchev–Trinajstić information content (AvgIpc) is 2.61. The standard InChI is InChI=1S/C19H18BrN3O3/c1-3-9-26-17-8-7-14(11-16(17)20)12-21-23-19(25)18(24)22-15-6-4-5-13(2)10-15/h3-8,10-12H,1,9H2,2H3,(H,22,24)(H,23,25)/b21-12-. The Labute approximate surface area is 160 Å². The zero-order valence-electron chi connectivity index (χ0n) is 14.2. The van der Waals surface area contributed by atoms with Crippen LogP contribution < -0.4 is 15.5 Å². The van der Waals surface area contributed by atoms with Crippen LogP contribution in [0.3, 0.4) is 0 Å². The van der Waals surface area contributed by atoms with E-state index in [1.807, 2.05) is 13.0 Å². The van der Waals surface area contributed by atoms with Crippen LogP contribution in [0.25, 0.3) is 0 Å². The van der Waals surface area contributed by atoms with Crippen LogP contribution in [-0.2, 0) is 9.59 Å². The highest BCUT2D eigenvalue weighted by atomic mass is 79.9. The number of benzene rings is 2. The molecule has 7 heteroatoms. The number of hydrogen-bond acceptors (Lipinski definition) is 4. The summed E-state index contributed by atoms with van der Waals surface area (Å²) in [4.78, 5) is 23.6. The summed E-state index contributed by atoms with van der Waals surface area (Å²) < 4.78 is 6.19. The van der Waals surface area contributed by atoms with E-state index < -0.39 is 11.8 Å². The van der Waals surface area contributed by atoms with Gasteiger partial charge in [0.15, 0.2) is 0 Å². The summed E-state index contributed by atoms with van der Waals surface area (Å²) in [6, 6.07) is 12.5. The minimum absolute atomic E-state index is 0.401. The summed E-state index contributed by atoms with van der Waals surface area (Å²) in [6.45, 7) is 5.89. The molecule has 0 bridgehead atoms. The second kappa shape index (κ2) is 9.53. The highest BCUT2D eigenvalue weighted by Gasteiger charge is 2.12. The van der Waals surface area contributed by atoms with Crippen LogP contribution >= 0.6 is 15.9 Å². The lowest BCUT2D eigenvalue weighted by molar-refractivity contribution is -0.136. The van der Waals surface area contributed by atoms with E-state index in [9.17, 15) is 9.59 Å². The van der Waals surface area contributed by atoms with Gasteiger partial charge in [0, 0.05) is 5.69 Å². The molecule has 2 aromatic rings. The Balaban J connectivity index is 1.90. The number of carbonyl (C=O) groups excluding carboxylic acids is 2. The second-order valence-electron chi connectivity index (χ2n) is 5.31. The van der Waals surface area contributed by atoms with Gasteiger partial charge in [0.05, 0.1) is 10.7 Å². The monoisotopic (exact) mass is 415 g/mol. The molecular formula is C19H18BrN3O3. The number of hydrogen-bond donors (Lipinski definition) is 2. The minimum atomic E-state index is -0.854. The topological polar surface area (TPSA) is 79.8 Å². The number of rotatable bonds is 6. The van der Waals surface area contributed by atoms with Gasteiger partial charge in [-0.15, -0.1) is 0 Å². The van der Waals surface area contributed by atoms with Crippen LogP contribution in [0.15, 0.2) is 64.7 Å². The van der Waals surface area contributed by atoms with E-state index in [0.717, 1.165) is 15.6 Å². The Bertz CT molecular complexity index is 850. The number of halogens is 1. The Morgan fingerprint density at radius 1 is 1.23 bits per heavy atom. The number of nitrogens with zero attached hydrogens (tertiary/aromatic N) is 1. The van der Waals surface area contributed by atoms with Crippen molar-refractivity contribution in [3.63, 3.8) is 0 Å². The largest absolute Gasteiger partial charge is 0.488 e. The number of nitrogens with one attached hydrogen (secondary N) is 2. The minimum Gasteiger partial charge on any atom is -0.488 e. The normalized spacial score (nSPS) is 10.4. The van der Waals surface area contributed by atoms with Gasteiger partial charge in [0.25, 0.3) is 0 Å². The van der Waals surface area contributed by atoms with Crippen molar-refractivity contribution in [1.82, 2.24) is 5.43 Å². The quantitative estimate of drug-likeness (QED) is 0.328. The summed E-state index contributed by atoms with van der Waals surface area (Å²) in [5, 5.41) is 6.30. The molecule has 0 radical (unpaired) electrons. The van der Waals surface area contributed by atoms with Crippen LogP contribution in [0, 0.1) is 6.92 Å². The van der Waals surface area contributed by atoms with Gasteiger partial charge >= 0.3 is 11.8 Å². The lowest BCUT2D eigenvalue weighted by atomic mass is 10.2. The fourth-order valence-corrected chi connectivity index (χ4v) is 2.50. The molecule has 2 rings (SSSR count). The molecule has 2 amide bonds. The van der Waals surface area contributed by atoms with E-state index in [1.54, 1.807) is 42.5 Å². The lowest BCUT2D eigenvalue weighted by Gasteiger charge is -2.06. The van der Waals surface area contributed by atoms with Crippen LogP contribution in [0.2, 0.25) is 0 Å². The molecule has 0 fully saturated rings. The third-order valence-corrected chi connectivity index (χ3v) is 3.79. The SMILES string of the molecule is C=CCOc1ccc(/C=N\NC(=O)C(=O)Nc2cccc(C)c2)cc1Br. The highest BCUT2D eigenvalue weighted by molar-refractivity contribution is 9.10. The first-order valence-corrected chi connectivity index (χ1v) is 8.53. The number of anilines is 1. The van der Waals surface area contributed by atoms with Gasteiger partial charge in [-0.3, -0.25) is 9.59 Å². The Morgan fingerprint density at radius 3 is 2.73 bits per heavy atom. The van der Waals surface area contributed by atoms with Gasteiger partial charge in [0.1, 0.15) is 12.4 Å². The van der Waals surface area contributed by atoms with Crippen molar-refractivity contribution in [3.05, 3.63) is 70.7 Å². The molecule has 0 spiro atoms. The van der Waals surface area contributed by atoms with Crippen LogP contribution in [0.5, 0.6) is 5.75 Å². The molecule has 0 aliphatic heterocycles. The van der Waals surface area contributed by atoms with Crippen molar-refractivity contribution in [3.8, 4) is 5.75 Å². The fraction of sp³-hybridized carbons (Fsp3) is 0.105. The van der Waals surface area contributed by atoms with Gasteiger partial charge in [-0.05, 0) is 64.3 Å². The second-order valence-corrected chi connectivity index (χ2v) is 6.17. The highest BCUT2D eigenvalue weighted by Crippen LogP contribution is 2.25. The van der Waals surface area contributed by atoms with Gasteiger partial charge in [0.2, 0.25) is 0 Å². The van der Waals surface area contributed by atoms with Crippen LogP contribution in [0.1, 0.15) is 11.1 Å². The molecule has 2 aromatic carbocycles. The number of ether oxygens (including phenoxy) is 1. The third-order valence-electron chi connectivity index (χ3n) is 3.17. The number of carbonyl (C=O) groups is 2. The van der Waals surface area contributed by atoms with E-state index in [4.69, 9.17) is 4.74 Å². The molecule has 0 aromatic heterocycles. The summed E-state index contributed by atoms with van der Waals surface area (Å²) in [7, 11) is 0. The maximum atomic E-state index is 11.8. The van der Waals surface area contributed by atoms with E-state index >= 15 is 0 Å². The average molecular weight is 416 g/mol. The molecule has 0 unspecified atom stereocenters. The lowest BCUT2D eigenvalue weighted by Crippen LogP contribution is -2.32. The van der Waals surface area contributed by atoms with E-state index in [-0.39, 0.29) is 0 Å². The van der Waals surface area contributed by atoms with Crippen molar-refractivity contribution >= 4 is 39.6 Å². The van der Waals surface area contributed by atoms with Crippen molar-refractivity contribution in [1.29, 1.82) is 0 Å². The molecule has 0 atom stereocenters. The molecule has 134 valence electrons. The molecule has 2 N–H and O–H groups in total. The molecule has 0 saturated heterocycles. The Hall–Kier alpha value is -2.93. The van der Waals surface area contributed by atoms with Crippen molar-refractivity contribution < 1.29 is 14.3 Å². The first kappa shape index (κ1) is 19.4. The smallest absolute Gasteiger partial charge is 0.329 e. The zero-order valence-corrected chi connectivity index (χ0v) is 15.7. The molecule has 0 aliphatic carbocycles. The van der Waals surface area contributed by atoms with E-state index in [1.165, 1.54) is 6.21 Å². The van der Waals surface area contributed by atoms with E-state index in [0.29, 0.717) is 18.0 Å². The van der Waals surface area contributed by atoms with Crippen LogP contribution in [-0.4, -0.2) is 24.6 Å². The van der Waals surface area contributed by atoms with Gasteiger partial charge in [-0.25, -0.2) is 5.43 Å². The predicted octanol–water partition coefficient (Wildman–Crippen LogP) is 3.41.